The van der Waals surface area contributed by atoms with Crippen LogP contribution in [0.4, 0.5) is 10.1 Å². The van der Waals surface area contributed by atoms with Crippen LogP contribution in [0, 0.1) is 5.82 Å². The second kappa shape index (κ2) is 6.26. The normalized spacial score (nSPS) is 28.1. The van der Waals surface area contributed by atoms with E-state index in [1.165, 1.54) is 12.1 Å². The van der Waals surface area contributed by atoms with Crippen LogP contribution in [0.1, 0.15) is 12.8 Å². The van der Waals surface area contributed by atoms with Gasteiger partial charge >= 0.3 is 0 Å². The highest BCUT2D eigenvalue weighted by molar-refractivity contribution is 7.99. The predicted octanol–water partition coefficient (Wildman–Crippen LogP) is 2.04. The summed E-state index contributed by atoms with van der Waals surface area (Å²) >= 11 is 7.28. The summed E-state index contributed by atoms with van der Waals surface area (Å²) in [7, 11) is 0. The van der Waals surface area contributed by atoms with Crippen molar-refractivity contribution in [2.45, 2.75) is 24.5 Å². The van der Waals surface area contributed by atoms with Crippen molar-refractivity contribution in [3.05, 3.63) is 29.0 Å². The van der Waals surface area contributed by atoms with Gasteiger partial charge in [-0.25, -0.2) is 4.39 Å². The Hall–Kier alpha value is -0.980. The van der Waals surface area contributed by atoms with Crippen molar-refractivity contribution in [1.82, 2.24) is 5.32 Å². The van der Waals surface area contributed by atoms with Gasteiger partial charge in [0.15, 0.2) is 5.60 Å². The van der Waals surface area contributed by atoms with Crippen LogP contribution in [0.5, 0.6) is 0 Å². The molecule has 2 unspecified atom stereocenters. The number of hydrogen-bond acceptors (Lipinski definition) is 4. The van der Waals surface area contributed by atoms with Gasteiger partial charge in [0.1, 0.15) is 5.82 Å². The predicted molar refractivity (Wildman–Crippen MR) is 87.1 cm³/mol. The molecule has 0 saturated carbocycles. The molecule has 2 N–H and O–H groups in total. The molecule has 0 radical (unpaired) electrons. The summed E-state index contributed by atoms with van der Waals surface area (Å²) in [6, 6.07) is 4.70. The van der Waals surface area contributed by atoms with Crippen LogP contribution < -0.4 is 10.2 Å². The fourth-order valence-corrected chi connectivity index (χ4v) is 4.20. The van der Waals surface area contributed by atoms with Crippen molar-refractivity contribution in [3.63, 3.8) is 0 Å². The topological polar surface area (TPSA) is 52.6 Å². The van der Waals surface area contributed by atoms with Gasteiger partial charge in [-0.2, -0.15) is 11.8 Å². The van der Waals surface area contributed by atoms with Crippen molar-refractivity contribution in [2.75, 3.05) is 29.5 Å². The van der Waals surface area contributed by atoms with Crippen LogP contribution in [0.3, 0.4) is 0 Å². The molecule has 1 aromatic carbocycles. The molecule has 2 atom stereocenters. The smallest absolute Gasteiger partial charge is 0.253 e. The van der Waals surface area contributed by atoms with Crippen LogP contribution in [-0.4, -0.2) is 47.3 Å². The number of carbonyl (C=O) groups is 1. The maximum absolute atomic E-state index is 13.5. The van der Waals surface area contributed by atoms with Crippen LogP contribution in [0.25, 0.3) is 0 Å². The molecule has 3 rings (SSSR count). The van der Waals surface area contributed by atoms with Crippen LogP contribution in [0.15, 0.2) is 18.2 Å². The van der Waals surface area contributed by atoms with Crippen molar-refractivity contribution in [2.24, 2.45) is 0 Å². The molecule has 2 heterocycles. The first-order chi connectivity index (χ1) is 10.5. The third kappa shape index (κ3) is 3.19. The van der Waals surface area contributed by atoms with E-state index in [-0.39, 0.29) is 17.0 Å². The Balaban J connectivity index is 1.60. The Labute approximate surface area is 138 Å². The molecule has 1 amide bonds. The lowest BCUT2D eigenvalue weighted by molar-refractivity contribution is -0.137. The molecule has 0 bridgehead atoms. The van der Waals surface area contributed by atoms with E-state index in [9.17, 15) is 14.3 Å². The Kier molecular flexibility index (Phi) is 4.52. The van der Waals surface area contributed by atoms with Crippen LogP contribution in [0.2, 0.25) is 5.02 Å². The molecule has 2 aliphatic heterocycles. The summed E-state index contributed by atoms with van der Waals surface area (Å²) < 4.78 is 13.5. The molecule has 2 aliphatic rings. The van der Waals surface area contributed by atoms with Gasteiger partial charge in [-0.1, -0.05) is 11.6 Å². The van der Waals surface area contributed by atoms with E-state index in [1.807, 2.05) is 4.90 Å². The third-order valence-corrected chi connectivity index (χ3v) is 5.70. The number of carbonyl (C=O) groups excluding carboxylic acids is 1. The highest BCUT2D eigenvalue weighted by Gasteiger charge is 2.40. The first-order valence-corrected chi connectivity index (χ1v) is 8.82. The molecular formula is C15H18ClFN2O2S. The Bertz CT molecular complexity index is 581. The van der Waals surface area contributed by atoms with Gasteiger partial charge in [-0.15, -0.1) is 0 Å². The molecule has 120 valence electrons. The van der Waals surface area contributed by atoms with E-state index >= 15 is 0 Å². The maximum atomic E-state index is 13.5. The lowest BCUT2D eigenvalue weighted by Crippen LogP contribution is -2.51. The van der Waals surface area contributed by atoms with Crippen LogP contribution >= 0.6 is 23.4 Å². The maximum Gasteiger partial charge on any atom is 0.253 e. The van der Waals surface area contributed by atoms with E-state index in [0.29, 0.717) is 18.7 Å². The highest BCUT2D eigenvalue weighted by Crippen LogP contribution is 2.29. The minimum atomic E-state index is -1.23. The second-order valence-electron chi connectivity index (χ2n) is 5.84. The van der Waals surface area contributed by atoms with E-state index in [1.54, 1.807) is 17.8 Å². The molecule has 1 aromatic rings. The minimum absolute atomic E-state index is 0.0270. The number of anilines is 1. The fraction of sp³-hybridized carbons (Fsp3) is 0.533. The molecule has 4 nitrogen and oxygen atoms in total. The number of hydrogen-bond donors (Lipinski definition) is 2. The number of nitrogens with zero attached hydrogens (tertiary/aromatic N) is 1. The number of benzene rings is 1. The number of halogens is 2. The molecule has 22 heavy (non-hydrogen) atoms. The minimum Gasteiger partial charge on any atom is -0.379 e. The first kappa shape index (κ1) is 15.9. The molecule has 0 aromatic heterocycles. The van der Waals surface area contributed by atoms with E-state index < -0.39 is 11.4 Å². The number of rotatable bonds is 3. The highest BCUT2D eigenvalue weighted by atomic mass is 35.5. The van der Waals surface area contributed by atoms with Crippen molar-refractivity contribution in [3.8, 4) is 0 Å². The van der Waals surface area contributed by atoms with Gasteiger partial charge in [0, 0.05) is 30.6 Å². The largest absolute Gasteiger partial charge is 0.379 e. The van der Waals surface area contributed by atoms with Gasteiger partial charge in [-0.05, 0) is 36.8 Å². The summed E-state index contributed by atoms with van der Waals surface area (Å²) in [5, 5.41) is 13.3. The number of thioether (sulfide) groups is 1. The fourth-order valence-electron chi connectivity index (χ4n) is 2.85. The zero-order valence-electron chi connectivity index (χ0n) is 12.0. The van der Waals surface area contributed by atoms with Gasteiger partial charge in [0.25, 0.3) is 5.91 Å². The van der Waals surface area contributed by atoms with Gasteiger partial charge < -0.3 is 15.3 Å². The summed E-state index contributed by atoms with van der Waals surface area (Å²) in [4.78, 5) is 14.2. The lowest BCUT2D eigenvalue weighted by Gasteiger charge is -2.24. The summed E-state index contributed by atoms with van der Waals surface area (Å²) in [6.45, 7) is 1.34. The molecule has 0 aliphatic carbocycles. The Morgan fingerprint density at radius 1 is 1.55 bits per heavy atom. The van der Waals surface area contributed by atoms with Gasteiger partial charge in [0.2, 0.25) is 0 Å². The van der Waals surface area contributed by atoms with Crippen molar-refractivity contribution < 1.29 is 14.3 Å². The second-order valence-corrected chi connectivity index (χ2v) is 7.35. The average Bonchev–Trinajstić information content (AvgIpc) is 3.12. The van der Waals surface area contributed by atoms with Crippen molar-refractivity contribution >= 4 is 35.0 Å². The zero-order chi connectivity index (χ0) is 15.7. The SMILES string of the molecule is O=C(NC1CCN(c2ccc(Cl)c(F)c2)C1)C1(O)CCSC1. The standard InChI is InChI=1S/C15H18ClFN2O2S/c16-12-2-1-11(7-13(12)17)19-5-3-10(8-19)18-14(20)15(21)4-6-22-9-15/h1-2,7,10,21H,3-6,8-9H2,(H,18,20). The molecule has 0 spiro atoms. The van der Waals surface area contributed by atoms with Crippen LogP contribution in [-0.2, 0) is 4.79 Å². The zero-order valence-corrected chi connectivity index (χ0v) is 13.6. The number of aliphatic hydroxyl groups is 1. The third-order valence-electron chi connectivity index (χ3n) is 4.22. The van der Waals surface area contributed by atoms with E-state index in [2.05, 4.69) is 5.32 Å². The lowest BCUT2D eigenvalue weighted by atomic mass is 10.0. The van der Waals surface area contributed by atoms with E-state index in [4.69, 9.17) is 11.6 Å². The quantitative estimate of drug-likeness (QED) is 0.881. The molecular weight excluding hydrogens is 327 g/mol. The molecule has 2 saturated heterocycles. The first-order valence-electron chi connectivity index (χ1n) is 7.29. The van der Waals surface area contributed by atoms with Gasteiger partial charge in [-0.3, -0.25) is 4.79 Å². The summed E-state index contributed by atoms with van der Waals surface area (Å²) in [6.07, 6.45) is 1.28. The molecule has 7 heteroatoms. The Morgan fingerprint density at radius 3 is 3.05 bits per heavy atom. The van der Waals surface area contributed by atoms with Gasteiger partial charge in [0.05, 0.1) is 5.02 Å². The number of amides is 1. The van der Waals surface area contributed by atoms with E-state index in [0.717, 1.165) is 24.4 Å². The number of nitrogens with one attached hydrogen (secondary N) is 1. The monoisotopic (exact) mass is 344 g/mol. The summed E-state index contributed by atoms with van der Waals surface area (Å²) in [5.41, 5.74) is -0.474. The molecule has 2 fully saturated rings. The Morgan fingerprint density at radius 2 is 2.36 bits per heavy atom. The summed E-state index contributed by atoms with van der Waals surface area (Å²) in [5.74, 6) is 0.540. The average molecular weight is 345 g/mol. The van der Waals surface area contributed by atoms with Crippen molar-refractivity contribution in [1.29, 1.82) is 0 Å².